The van der Waals surface area contributed by atoms with Gasteiger partial charge >= 0.3 is 0 Å². The lowest BCUT2D eigenvalue weighted by molar-refractivity contribution is 0.533. The van der Waals surface area contributed by atoms with Gasteiger partial charge in [0, 0.05) is 4.47 Å². The fraction of sp³-hybridized carbons (Fsp3) is 0.273. The van der Waals surface area contributed by atoms with E-state index >= 15 is 0 Å². The highest BCUT2D eigenvalue weighted by Gasteiger charge is 2.19. The molecule has 17 heavy (non-hydrogen) atoms. The molecule has 1 aromatic carbocycles. The van der Waals surface area contributed by atoms with Crippen LogP contribution in [0.25, 0.3) is 5.69 Å². The molecule has 90 valence electrons. The van der Waals surface area contributed by atoms with Gasteiger partial charge in [-0.2, -0.15) is 0 Å². The zero-order valence-corrected chi connectivity index (χ0v) is 11.8. The minimum Gasteiger partial charge on any atom is -0.320 e. The molecule has 4 nitrogen and oxygen atoms in total. The first-order valence-electron chi connectivity index (χ1n) is 5.05. The maximum absolute atomic E-state index is 6.14. The highest BCUT2D eigenvalue weighted by atomic mass is 79.9. The lowest BCUT2D eigenvalue weighted by Gasteiger charge is -2.13. The molecule has 2 aromatic rings. The summed E-state index contributed by atoms with van der Waals surface area (Å²) in [5, 5.41) is 8.68. The Morgan fingerprint density at radius 2 is 2.12 bits per heavy atom. The van der Waals surface area contributed by atoms with Gasteiger partial charge in [-0.15, -0.1) is 5.10 Å². The van der Waals surface area contributed by atoms with Crippen molar-refractivity contribution in [3.05, 3.63) is 39.6 Å². The van der Waals surface area contributed by atoms with Gasteiger partial charge in [0.05, 0.1) is 22.4 Å². The van der Waals surface area contributed by atoms with Gasteiger partial charge in [0.1, 0.15) is 5.69 Å². The molecule has 0 saturated carbocycles. The van der Waals surface area contributed by atoms with Crippen LogP contribution in [0.2, 0.25) is 5.02 Å². The van der Waals surface area contributed by atoms with E-state index in [0.29, 0.717) is 5.02 Å². The summed E-state index contributed by atoms with van der Waals surface area (Å²) < 4.78 is 2.55. The van der Waals surface area contributed by atoms with Crippen LogP contribution in [0.15, 0.2) is 28.9 Å². The Morgan fingerprint density at radius 1 is 1.41 bits per heavy atom. The first kappa shape index (κ1) is 12.5. The number of halogens is 2. The Kier molecular flexibility index (Phi) is 3.25. The maximum Gasteiger partial charge on any atom is 0.102 e. The van der Waals surface area contributed by atoms with Crippen LogP contribution in [0.5, 0.6) is 0 Å². The van der Waals surface area contributed by atoms with Gasteiger partial charge in [-0.25, -0.2) is 4.68 Å². The van der Waals surface area contributed by atoms with E-state index in [-0.39, 0.29) is 0 Å². The molecule has 1 aromatic heterocycles. The lowest BCUT2D eigenvalue weighted by atomic mass is 10.0. The molecule has 2 rings (SSSR count). The first-order chi connectivity index (χ1) is 7.88. The molecule has 0 bridgehead atoms. The molecule has 1 heterocycles. The standard InChI is InChI=1S/C11H12BrClN4/c1-11(2,14)10-6-17(16-15-10)9-4-3-7(12)5-8(9)13/h3-6H,14H2,1-2H3. The number of benzene rings is 1. The van der Waals surface area contributed by atoms with Crippen molar-refractivity contribution in [3.8, 4) is 5.69 Å². The minimum absolute atomic E-state index is 0.514. The third kappa shape index (κ3) is 2.68. The molecule has 0 spiro atoms. The summed E-state index contributed by atoms with van der Waals surface area (Å²) in [6.07, 6.45) is 1.79. The Balaban J connectivity index is 2.44. The van der Waals surface area contributed by atoms with Crippen molar-refractivity contribution in [2.24, 2.45) is 5.73 Å². The van der Waals surface area contributed by atoms with E-state index in [2.05, 4.69) is 26.2 Å². The molecule has 0 unspecified atom stereocenters. The van der Waals surface area contributed by atoms with Gasteiger partial charge in [0.15, 0.2) is 0 Å². The monoisotopic (exact) mass is 314 g/mol. The van der Waals surface area contributed by atoms with Crippen LogP contribution in [0.1, 0.15) is 19.5 Å². The minimum atomic E-state index is -0.514. The third-order valence-corrected chi connectivity index (χ3v) is 3.11. The van der Waals surface area contributed by atoms with E-state index < -0.39 is 5.54 Å². The van der Waals surface area contributed by atoms with Crippen LogP contribution >= 0.6 is 27.5 Å². The van der Waals surface area contributed by atoms with E-state index in [1.54, 1.807) is 10.9 Å². The number of rotatable bonds is 2. The summed E-state index contributed by atoms with van der Waals surface area (Å²) in [5.74, 6) is 0. The highest BCUT2D eigenvalue weighted by Crippen LogP contribution is 2.25. The molecule has 6 heteroatoms. The summed E-state index contributed by atoms with van der Waals surface area (Å²) in [6.45, 7) is 3.76. The molecule has 0 aliphatic heterocycles. The van der Waals surface area contributed by atoms with Crippen molar-refractivity contribution in [2.75, 3.05) is 0 Å². The van der Waals surface area contributed by atoms with Crippen LogP contribution in [-0.4, -0.2) is 15.0 Å². The smallest absolute Gasteiger partial charge is 0.102 e. The van der Waals surface area contributed by atoms with Crippen LogP contribution < -0.4 is 5.73 Å². The largest absolute Gasteiger partial charge is 0.320 e. The fourth-order valence-electron chi connectivity index (χ4n) is 1.34. The fourth-order valence-corrected chi connectivity index (χ4v) is 2.10. The van der Waals surface area contributed by atoms with Gasteiger partial charge in [-0.3, -0.25) is 0 Å². The van der Waals surface area contributed by atoms with Gasteiger partial charge in [-0.05, 0) is 32.0 Å². The molecule has 0 radical (unpaired) electrons. The van der Waals surface area contributed by atoms with Crippen LogP contribution in [0, 0.1) is 0 Å². The summed E-state index contributed by atoms with van der Waals surface area (Å²) in [6, 6.07) is 5.58. The van der Waals surface area contributed by atoms with Crippen LogP contribution in [0.3, 0.4) is 0 Å². The van der Waals surface area contributed by atoms with Crippen molar-refractivity contribution >= 4 is 27.5 Å². The Hall–Kier alpha value is -0.910. The molecule has 0 atom stereocenters. The Bertz CT molecular complexity index is 545. The summed E-state index contributed by atoms with van der Waals surface area (Å²) in [5.41, 5.74) is 6.93. The van der Waals surface area contributed by atoms with E-state index in [1.807, 2.05) is 32.0 Å². The molecule has 2 N–H and O–H groups in total. The second-order valence-electron chi connectivity index (χ2n) is 4.37. The second-order valence-corrected chi connectivity index (χ2v) is 5.69. The van der Waals surface area contributed by atoms with Crippen LogP contribution in [-0.2, 0) is 5.54 Å². The van der Waals surface area contributed by atoms with Gasteiger partial charge in [-0.1, -0.05) is 32.7 Å². The van der Waals surface area contributed by atoms with Crippen molar-refractivity contribution in [1.29, 1.82) is 0 Å². The second kappa shape index (κ2) is 4.40. The zero-order valence-electron chi connectivity index (χ0n) is 9.48. The number of hydrogen-bond acceptors (Lipinski definition) is 3. The van der Waals surface area contributed by atoms with Crippen molar-refractivity contribution in [3.63, 3.8) is 0 Å². The molecule has 0 fully saturated rings. The van der Waals surface area contributed by atoms with Crippen LogP contribution in [0.4, 0.5) is 0 Å². The third-order valence-electron chi connectivity index (χ3n) is 2.31. The van der Waals surface area contributed by atoms with Gasteiger partial charge in [0.2, 0.25) is 0 Å². The highest BCUT2D eigenvalue weighted by molar-refractivity contribution is 9.10. The molecular formula is C11H12BrClN4. The quantitative estimate of drug-likeness (QED) is 0.927. The SMILES string of the molecule is CC(C)(N)c1cn(-c2ccc(Br)cc2Cl)nn1. The lowest BCUT2D eigenvalue weighted by Crippen LogP contribution is -2.29. The average Bonchev–Trinajstić information content (AvgIpc) is 2.65. The molecule has 0 saturated heterocycles. The average molecular weight is 316 g/mol. The van der Waals surface area contributed by atoms with Crippen molar-refractivity contribution in [1.82, 2.24) is 15.0 Å². The van der Waals surface area contributed by atoms with Gasteiger partial charge < -0.3 is 5.73 Å². The van der Waals surface area contributed by atoms with E-state index in [9.17, 15) is 0 Å². The van der Waals surface area contributed by atoms with Gasteiger partial charge in [0.25, 0.3) is 0 Å². The number of nitrogens with zero attached hydrogens (tertiary/aromatic N) is 3. The number of hydrogen-bond donors (Lipinski definition) is 1. The normalized spacial score (nSPS) is 11.8. The van der Waals surface area contributed by atoms with Crippen molar-refractivity contribution in [2.45, 2.75) is 19.4 Å². The number of nitrogens with two attached hydrogens (primary N) is 1. The topological polar surface area (TPSA) is 56.7 Å². The van der Waals surface area contributed by atoms with E-state index in [0.717, 1.165) is 15.9 Å². The summed E-state index contributed by atoms with van der Waals surface area (Å²) >= 11 is 9.49. The first-order valence-corrected chi connectivity index (χ1v) is 6.22. The maximum atomic E-state index is 6.14. The Morgan fingerprint density at radius 3 is 2.65 bits per heavy atom. The molecule has 0 aliphatic rings. The Labute approximate surface area is 113 Å². The summed E-state index contributed by atoms with van der Waals surface area (Å²) in [4.78, 5) is 0. The zero-order chi connectivity index (χ0) is 12.6. The van der Waals surface area contributed by atoms with E-state index in [1.165, 1.54) is 0 Å². The molecule has 0 aliphatic carbocycles. The predicted octanol–water partition coefficient (Wildman–Crippen LogP) is 2.88. The van der Waals surface area contributed by atoms with E-state index in [4.69, 9.17) is 17.3 Å². The molecular weight excluding hydrogens is 304 g/mol. The van der Waals surface area contributed by atoms with Crippen molar-refractivity contribution < 1.29 is 0 Å². The molecule has 0 amide bonds. The summed E-state index contributed by atoms with van der Waals surface area (Å²) in [7, 11) is 0. The predicted molar refractivity (Wildman–Crippen MR) is 71.3 cm³/mol. The number of aromatic nitrogens is 3.